The molecule has 9 nitrogen and oxygen atoms in total. The summed E-state index contributed by atoms with van der Waals surface area (Å²) in [6, 6.07) is 0. The maximum atomic E-state index is 12.7. The van der Waals surface area contributed by atoms with Gasteiger partial charge in [0.05, 0.1) is 19.8 Å². The molecule has 0 spiro atoms. The van der Waals surface area contributed by atoms with Crippen molar-refractivity contribution in [1.82, 2.24) is 0 Å². The maximum Gasteiger partial charge on any atom is 0.306 e. The van der Waals surface area contributed by atoms with E-state index in [1.165, 1.54) is 103 Å². The lowest BCUT2D eigenvalue weighted by Crippen LogP contribution is -2.59. The molecule has 6 unspecified atom stereocenters. The number of esters is 1. The van der Waals surface area contributed by atoms with Crippen LogP contribution in [-0.2, 0) is 23.7 Å². The molecule has 300 valence electrons. The molecule has 1 aliphatic heterocycles. The molecule has 1 saturated heterocycles. The number of aliphatic hydroxyl groups excluding tert-OH is 4. The molecule has 0 radical (unpaired) electrons. The van der Waals surface area contributed by atoms with E-state index >= 15 is 0 Å². The van der Waals surface area contributed by atoms with Gasteiger partial charge in [-0.3, -0.25) is 4.79 Å². The van der Waals surface area contributed by atoms with Gasteiger partial charge in [-0.1, -0.05) is 134 Å². The van der Waals surface area contributed by atoms with Crippen molar-refractivity contribution in [2.24, 2.45) is 0 Å². The van der Waals surface area contributed by atoms with Crippen LogP contribution >= 0.6 is 0 Å². The van der Waals surface area contributed by atoms with Crippen molar-refractivity contribution in [2.45, 2.75) is 211 Å². The topological polar surface area (TPSA) is 135 Å². The Morgan fingerprint density at radius 1 is 0.608 bits per heavy atom. The van der Waals surface area contributed by atoms with Crippen molar-refractivity contribution in [3.05, 3.63) is 24.3 Å². The van der Waals surface area contributed by atoms with E-state index in [4.69, 9.17) is 18.9 Å². The van der Waals surface area contributed by atoms with Crippen molar-refractivity contribution in [1.29, 1.82) is 0 Å². The fraction of sp³-hybridized carbons (Fsp3) is 0.881. The minimum absolute atomic E-state index is 0.116. The number of carbonyl (C=O) groups excluding carboxylic acids is 1. The molecule has 0 saturated carbocycles. The highest BCUT2D eigenvalue weighted by Crippen LogP contribution is 2.22. The third-order valence-corrected chi connectivity index (χ3v) is 9.57. The highest BCUT2D eigenvalue weighted by atomic mass is 16.7. The molecule has 51 heavy (non-hydrogen) atoms. The first kappa shape index (κ1) is 47.7. The summed E-state index contributed by atoms with van der Waals surface area (Å²) in [7, 11) is 0. The number of unbranched alkanes of at least 4 members (excludes halogenated alkanes) is 20. The van der Waals surface area contributed by atoms with Crippen LogP contribution in [0.15, 0.2) is 24.3 Å². The Kier molecular flexibility index (Phi) is 32.2. The third kappa shape index (κ3) is 26.1. The van der Waals surface area contributed by atoms with Gasteiger partial charge < -0.3 is 39.4 Å². The highest BCUT2D eigenvalue weighted by molar-refractivity contribution is 5.69. The summed E-state index contributed by atoms with van der Waals surface area (Å²) in [4.78, 5) is 12.7. The molecule has 6 atom stereocenters. The lowest BCUT2D eigenvalue weighted by atomic mass is 9.99. The molecular weight excluding hydrogens is 648 g/mol. The molecule has 0 bridgehead atoms. The highest BCUT2D eigenvalue weighted by Gasteiger charge is 2.44. The lowest BCUT2D eigenvalue weighted by molar-refractivity contribution is -0.305. The summed E-state index contributed by atoms with van der Waals surface area (Å²) in [5, 5.41) is 40.0. The molecule has 0 amide bonds. The normalized spacial score (nSPS) is 21.6. The van der Waals surface area contributed by atoms with Crippen LogP contribution in [0, 0.1) is 0 Å². The van der Waals surface area contributed by atoms with Crippen molar-refractivity contribution < 1.29 is 44.2 Å². The Labute approximate surface area is 311 Å². The predicted octanol–water partition coefficient (Wildman–Crippen LogP) is 8.64. The van der Waals surface area contributed by atoms with Crippen molar-refractivity contribution >= 4 is 5.97 Å². The molecule has 1 rings (SSSR count). The van der Waals surface area contributed by atoms with E-state index in [1.54, 1.807) is 0 Å². The number of rotatable bonds is 35. The van der Waals surface area contributed by atoms with Crippen LogP contribution in [0.3, 0.4) is 0 Å². The average Bonchev–Trinajstić information content (AvgIpc) is 3.13. The van der Waals surface area contributed by atoms with Crippen molar-refractivity contribution in [3.8, 4) is 0 Å². The Hall–Kier alpha value is -1.33. The molecule has 1 fully saturated rings. The SMILES string of the molecule is CCC/C=C\CCCCCCCCOCC(COC1OC(CO)C(O)C(O)C1O)OC(=O)CCCCCCCCC/C=C\CCCCCCCC. The molecule has 1 heterocycles. The van der Waals surface area contributed by atoms with Gasteiger partial charge in [-0.15, -0.1) is 0 Å². The van der Waals surface area contributed by atoms with Crippen LogP contribution < -0.4 is 0 Å². The quantitative estimate of drug-likeness (QED) is 0.0288. The molecule has 1 aliphatic rings. The summed E-state index contributed by atoms with van der Waals surface area (Å²) in [5.74, 6) is -0.321. The minimum atomic E-state index is -1.53. The van der Waals surface area contributed by atoms with E-state index in [1.807, 2.05) is 0 Å². The standard InChI is InChI=1S/C42H78O9/c1-3-5-7-9-11-13-15-16-17-18-19-20-21-23-25-27-29-31-38(44)50-36(35-49-42-41(47)40(46)39(45)37(33-43)51-42)34-48-32-30-28-26-24-22-14-12-10-8-6-4-2/h8,10,16-17,36-37,39-43,45-47H,3-7,9,11-15,18-35H2,1-2H3/b10-8-,17-16-. The van der Waals surface area contributed by atoms with Gasteiger partial charge >= 0.3 is 5.97 Å². The van der Waals surface area contributed by atoms with Gasteiger partial charge in [0.15, 0.2) is 6.29 Å². The van der Waals surface area contributed by atoms with Gasteiger partial charge in [-0.25, -0.2) is 0 Å². The molecule has 9 heteroatoms. The number of carbonyl (C=O) groups is 1. The molecule has 0 aromatic heterocycles. The second-order valence-electron chi connectivity index (χ2n) is 14.4. The van der Waals surface area contributed by atoms with Crippen LogP contribution in [0.4, 0.5) is 0 Å². The first-order valence-corrected chi connectivity index (χ1v) is 20.9. The second kappa shape index (κ2) is 34.4. The Bertz CT molecular complexity index is 833. The van der Waals surface area contributed by atoms with Gasteiger partial charge in [0.25, 0.3) is 0 Å². The fourth-order valence-electron chi connectivity index (χ4n) is 6.25. The molecule has 0 aliphatic carbocycles. The monoisotopic (exact) mass is 727 g/mol. The number of hydrogen-bond donors (Lipinski definition) is 4. The third-order valence-electron chi connectivity index (χ3n) is 9.57. The van der Waals surface area contributed by atoms with Crippen LogP contribution in [0.5, 0.6) is 0 Å². The van der Waals surface area contributed by atoms with E-state index < -0.39 is 43.4 Å². The van der Waals surface area contributed by atoms with Gasteiger partial charge in [0.1, 0.15) is 30.5 Å². The van der Waals surface area contributed by atoms with E-state index in [0.29, 0.717) is 13.0 Å². The van der Waals surface area contributed by atoms with Crippen molar-refractivity contribution in [2.75, 3.05) is 26.4 Å². The number of ether oxygens (including phenoxy) is 4. The fourth-order valence-corrected chi connectivity index (χ4v) is 6.25. The van der Waals surface area contributed by atoms with Crippen LogP contribution in [-0.4, -0.2) is 89.6 Å². The lowest BCUT2D eigenvalue weighted by Gasteiger charge is -2.39. The Balaban J connectivity index is 2.28. The van der Waals surface area contributed by atoms with Crippen LogP contribution in [0.1, 0.15) is 174 Å². The average molecular weight is 727 g/mol. The van der Waals surface area contributed by atoms with Crippen LogP contribution in [0.2, 0.25) is 0 Å². The molecular formula is C42H78O9. The molecule has 0 aromatic rings. The minimum Gasteiger partial charge on any atom is -0.457 e. The first-order valence-electron chi connectivity index (χ1n) is 20.9. The van der Waals surface area contributed by atoms with E-state index in [9.17, 15) is 25.2 Å². The zero-order valence-electron chi connectivity index (χ0n) is 32.6. The van der Waals surface area contributed by atoms with Crippen LogP contribution in [0.25, 0.3) is 0 Å². The molecule has 4 N–H and O–H groups in total. The van der Waals surface area contributed by atoms with E-state index in [-0.39, 0.29) is 19.2 Å². The smallest absolute Gasteiger partial charge is 0.306 e. The Morgan fingerprint density at radius 3 is 1.67 bits per heavy atom. The van der Waals surface area contributed by atoms with Gasteiger partial charge in [-0.2, -0.15) is 0 Å². The van der Waals surface area contributed by atoms with Gasteiger partial charge in [-0.05, 0) is 57.8 Å². The van der Waals surface area contributed by atoms with E-state index in [2.05, 4.69) is 38.2 Å². The molecule has 0 aromatic carbocycles. The summed E-state index contributed by atoms with van der Waals surface area (Å²) in [6.45, 7) is 4.48. The van der Waals surface area contributed by atoms with Gasteiger partial charge in [0, 0.05) is 13.0 Å². The number of hydrogen-bond acceptors (Lipinski definition) is 9. The number of allylic oxidation sites excluding steroid dienone is 4. The number of aliphatic hydroxyl groups is 4. The zero-order chi connectivity index (χ0) is 37.2. The zero-order valence-corrected chi connectivity index (χ0v) is 32.6. The van der Waals surface area contributed by atoms with Crippen molar-refractivity contribution in [3.63, 3.8) is 0 Å². The Morgan fingerprint density at radius 2 is 1.12 bits per heavy atom. The summed E-state index contributed by atoms with van der Waals surface area (Å²) in [6.07, 6.45) is 30.6. The second-order valence-corrected chi connectivity index (χ2v) is 14.4. The van der Waals surface area contributed by atoms with Gasteiger partial charge in [0.2, 0.25) is 0 Å². The first-order chi connectivity index (χ1) is 24.9. The summed E-state index contributed by atoms with van der Waals surface area (Å²) < 4.78 is 22.7. The largest absolute Gasteiger partial charge is 0.457 e. The summed E-state index contributed by atoms with van der Waals surface area (Å²) in [5.41, 5.74) is 0. The van der Waals surface area contributed by atoms with E-state index in [0.717, 1.165) is 51.4 Å². The summed E-state index contributed by atoms with van der Waals surface area (Å²) >= 11 is 0. The maximum absolute atomic E-state index is 12.7. The predicted molar refractivity (Wildman–Crippen MR) is 205 cm³/mol.